The fraction of sp³-hybridized carbons (Fsp3) is 0.0714. The number of pyridine rings is 1. The van der Waals surface area contributed by atoms with E-state index in [-0.39, 0.29) is 16.9 Å². The summed E-state index contributed by atoms with van der Waals surface area (Å²) in [7, 11) is 0. The first kappa shape index (κ1) is 13.9. The third kappa shape index (κ3) is 3.08. The number of carbonyl (C=O) groups is 1. The van der Waals surface area contributed by atoms with Crippen molar-refractivity contribution in [2.75, 3.05) is 5.73 Å². The van der Waals surface area contributed by atoms with Crippen molar-refractivity contribution in [3.8, 4) is 6.07 Å². The summed E-state index contributed by atoms with van der Waals surface area (Å²) in [6.45, 7) is 0. The topological polar surface area (TPSA) is 106 Å². The molecule has 0 radical (unpaired) electrons. The number of amides is 1. The summed E-state index contributed by atoms with van der Waals surface area (Å²) < 4.78 is 0. The van der Waals surface area contributed by atoms with Gasteiger partial charge in [0.2, 0.25) is 0 Å². The van der Waals surface area contributed by atoms with Gasteiger partial charge in [0.1, 0.15) is 16.9 Å². The maximum absolute atomic E-state index is 11.4. The highest BCUT2D eigenvalue weighted by atomic mass is 32.2. The molecule has 2 aromatic rings. The van der Waals surface area contributed by atoms with Crippen molar-refractivity contribution in [3.63, 3.8) is 0 Å². The monoisotopic (exact) mass is 284 g/mol. The minimum absolute atomic E-state index is 0.105. The van der Waals surface area contributed by atoms with Crippen molar-refractivity contribution in [3.05, 3.63) is 53.1 Å². The molecule has 0 saturated heterocycles. The fourth-order valence-corrected chi connectivity index (χ4v) is 2.59. The van der Waals surface area contributed by atoms with Gasteiger partial charge in [0, 0.05) is 5.75 Å². The number of primary amides is 1. The van der Waals surface area contributed by atoms with Crippen molar-refractivity contribution in [2.45, 2.75) is 10.8 Å². The van der Waals surface area contributed by atoms with Gasteiger partial charge in [-0.15, -0.1) is 11.8 Å². The van der Waals surface area contributed by atoms with Crippen LogP contribution < -0.4 is 11.5 Å². The van der Waals surface area contributed by atoms with Gasteiger partial charge in [-0.25, -0.2) is 4.98 Å². The van der Waals surface area contributed by atoms with Crippen LogP contribution in [-0.4, -0.2) is 10.9 Å². The van der Waals surface area contributed by atoms with E-state index in [1.807, 2.05) is 36.4 Å². The van der Waals surface area contributed by atoms with Gasteiger partial charge in [-0.2, -0.15) is 5.26 Å². The molecule has 6 heteroatoms. The van der Waals surface area contributed by atoms with Crippen LogP contribution in [0, 0.1) is 11.3 Å². The Balaban J connectivity index is 2.29. The molecule has 0 fully saturated rings. The lowest BCUT2D eigenvalue weighted by atomic mass is 10.2. The van der Waals surface area contributed by atoms with E-state index in [1.165, 1.54) is 17.8 Å². The van der Waals surface area contributed by atoms with Crippen molar-refractivity contribution in [2.24, 2.45) is 5.73 Å². The van der Waals surface area contributed by atoms with Crippen molar-refractivity contribution < 1.29 is 4.79 Å². The summed E-state index contributed by atoms with van der Waals surface area (Å²) in [5.74, 6) is 0.122. The average Bonchev–Trinajstić information content (AvgIpc) is 2.46. The first-order valence-corrected chi connectivity index (χ1v) is 6.77. The number of anilines is 1. The Hall–Kier alpha value is -2.52. The van der Waals surface area contributed by atoms with E-state index in [9.17, 15) is 4.79 Å². The van der Waals surface area contributed by atoms with E-state index < -0.39 is 5.91 Å². The van der Waals surface area contributed by atoms with Crippen LogP contribution in [-0.2, 0) is 5.75 Å². The first-order valence-electron chi connectivity index (χ1n) is 5.79. The third-order valence-corrected chi connectivity index (χ3v) is 3.68. The van der Waals surface area contributed by atoms with Gasteiger partial charge in [-0.3, -0.25) is 4.79 Å². The lowest BCUT2D eigenvalue weighted by Crippen LogP contribution is -2.14. The highest BCUT2D eigenvalue weighted by molar-refractivity contribution is 7.98. The molecule has 5 nitrogen and oxygen atoms in total. The summed E-state index contributed by atoms with van der Waals surface area (Å²) in [5.41, 5.74) is 12.5. The highest BCUT2D eigenvalue weighted by Gasteiger charge is 2.14. The third-order valence-electron chi connectivity index (χ3n) is 2.62. The molecule has 0 spiro atoms. The number of hydrogen-bond acceptors (Lipinski definition) is 5. The normalized spacial score (nSPS) is 9.95. The maximum atomic E-state index is 11.4. The second-order valence-corrected chi connectivity index (χ2v) is 4.99. The molecule has 0 aliphatic rings. The van der Waals surface area contributed by atoms with Gasteiger partial charge in [-0.05, 0) is 11.6 Å². The maximum Gasteiger partial charge on any atom is 0.251 e. The van der Waals surface area contributed by atoms with Gasteiger partial charge in [0.25, 0.3) is 5.91 Å². The molecular formula is C14H12N4OS. The molecule has 20 heavy (non-hydrogen) atoms. The van der Waals surface area contributed by atoms with Gasteiger partial charge >= 0.3 is 0 Å². The average molecular weight is 284 g/mol. The van der Waals surface area contributed by atoms with Crippen LogP contribution in [0.4, 0.5) is 5.82 Å². The lowest BCUT2D eigenvalue weighted by Gasteiger charge is -2.08. The molecule has 0 saturated carbocycles. The summed E-state index contributed by atoms with van der Waals surface area (Å²) in [6, 6.07) is 13.0. The molecule has 0 unspecified atom stereocenters. The Kier molecular flexibility index (Phi) is 4.23. The van der Waals surface area contributed by atoms with E-state index in [0.717, 1.165) is 5.56 Å². The largest absolute Gasteiger partial charge is 0.383 e. The van der Waals surface area contributed by atoms with E-state index in [2.05, 4.69) is 4.98 Å². The Bertz CT molecular complexity index is 680. The fourth-order valence-electron chi connectivity index (χ4n) is 1.61. The summed E-state index contributed by atoms with van der Waals surface area (Å²) in [5, 5.41) is 9.34. The van der Waals surface area contributed by atoms with Gasteiger partial charge in [-0.1, -0.05) is 30.3 Å². The van der Waals surface area contributed by atoms with Crippen LogP contribution in [0.3, 0.4) is 0 Å². The number of nitrogen functional groups attached to an aromatic ring is 1. The zero-order valence-corrected chi connectivity index (χ0v) is 11.4. The van der Waals surface area contributed by atoms with Gasteiger partial charge in [0.15, 0.2) is 0 Å². The van der Waals surface area contributed by atoms with Crippen LogP contribution >= 0.6 is 11.8 Å². The summed E-state index contributed by atoms with van der Waals surface area (Å²) >= 11 is 1.36. The standard InChI is InChI=1S/C14H12N4OS/c15-7-10-6-11(13(17)19)14(18-12(10)16)20-8-9-4-2-1-3-5-9/h1-6H,8H2,(H2,16,18)(H2,17,19). The molecule has 4 N–H and O–H groups in total. The number of aromatic nitrogens is 1. The quantitative estimate of drug-likeness (QED) is 0.834. The highest BCUT2D eigenvalue weighted by Crippen LogP contribution is 2.27. The van der Waals surface area contributed by atoms with Crippen LogP contribution in [0.15, 0.2) is 41.4 Å². The minimum Gasteiger partial charge on any atom is -0.383 e. The summed E-state index contributed by atoms with van der Waals surface area (Å²) in [6.07, 6.45) is 0. The SMILES string of the molecule is N#Cc1cc(C(N)=O)c(SCc2ccccc2)nc1N. The minimum atomic E-state index is -0.621. The Morgan fingerprint density at radius 1 is 1.35 bits per heavy atom. The number of carbonyl (C=O) groups excluding carboxylic acids is 1. The Morgan fingerprint density at radius 3 is 2.65 bits per heavy atom. The van der Waals surface area contributed by atoms with Crippen molar-refractivity contribution in [1.29, 1.82) is 5.26 Å². The molecule has 0 aliphatic heterocycles. The molecule has 1 aromatic heterocycles. The Labute approximate surface area is 120 Å². The van der Waals surface area contributed by atoms with Crippen LogP contribution in [0.5, 0.6) is 0 Å². The van der Waals surface area contributed by atoms with E-state index in [1.54, 1.807) is 0 Å². The number of nitrogens with two attached hydrogens (primary N) is 2. The molecule has 0 atom stereocenters. The molecular weight excluding hydrogens is 272 g/mol. The van der Waals surface area contributed by atoms with Crippen molar-refractivity contribution in [1.82, 2.24) is 4.98 Å². The number of nitrogens with zero attached hydrogens (tertiary/aromatic N) is 2. The molecule has 1 amide bonds. The molecule has 1 heterocycles. The number of nitriles is 1. The van der Waals surface area contributed by atoms with E-state index in [4.69, 9.17) is 16.7 Å². The smallest absolute Gasteiger partial charge is 0.251 e. The number of thioether (sulfide) groups is 1. The molecule has 0 aliphatic carbocycles. The van der Waals surface area contributed by atoms with Gasteiger partial charge in [0.05, 0.1) is 11.1 Å². The van der Waals surface area contributed by atoms with E-state index in [0.29, 0.717) is 10.8 Å². The molecule has 2 rings (SSSR count). The molecule has 100 valence electrons. The molecule has 1 aromatic carbocycles. The predicted molar refractivity (Wildman–Crippen MR) is 77.9 cm³/mol. The number of hydrogen-bond donors (Lipinski definition) is 2. The predicted octanol–water partition coefficient (Wildman–Crippen LogP) is 1.93. The second-order valence-electron chi connectivity index (χ2n) is 4.02. The number of rotatable bonds is 4. The lowest BCUT2D eigenvalue weighted by molar-refractivity contribution is 0.0997. The Morgan fingerprint density at radius 2 is 2.05 bits per heavy atom. The van der Waals surface area contributed by atoms with Crippen LogP contribution in [0.25, 0.3) is 0 Å². The van der Waals surface area contributed by atoms with Crippen LogP contribution in [0.1, 0.15) is 21.5 Å². The number of benzene rings is 1. The summed E-state index contributed by atoms with van der Waals surface area (Å²) in [4.78, 5) is 15.5. The van der Waals surface area contributed by atoms with E-state index >= 15 is 0 Å². The second kappa shape index (κ2) is 6.08. The molecule has 0 bridgehead atoms. The zero-order chi connectivity index (χ0) is 14.5. The van der Waals surface area contributed by atoms with Gasteiger partial charge < -0.3 is 11.5 Å². The first-order chi connectivity index (χ1) is 9.61. The zero-order valence-electron chi connectivity index (χ0n) is 10.5. The van der Waals surface area contributed by atoms with Crippen molar-refractivity contribution >= 4 is 23.5 Å². The van der Waals surface area contributed by atoms with Crippen LogP contribution in [0.2, 0.25) is 0 Å².